The SMILES string of the molecule is Cc1ccc(S(=O)(=O)N2C=C(COS(C)(=O)=O)NC2)cc1. The third-order valence-corrected chi connectivity index (χ3v) is 5.08. The van der Waals surface area contributed by atoms with Gasteiger partial charge in [-0.2, -0.15) is 8.42 Å². The number of nitrogens with zero attached hydrogens (tertiary/aromatic N) is 1. The van der Waals surface area contributed by atoms with Crippen molar-refractivity contribution in [2.45, 2.75) is 11.8 Å². The van der Waals surface area contributed by atoms with Crippen molar-refractivity contribution in [2.75, 3.05) is 19.5 Å². The number of hydrogen-bond acceptors (Lipinski definition) is 6. The fourth-order valence-corrected chi connectivity index (χ4v) is 3.30. The Balaban J connectivity index is 2.15. The minimum Gasteiger partial charge on any atom is -0.367 e. The topological polar surface area (TPSA) is 92.8 Å². The second-order valence-electron chi connectivity index (χ2n) is 4.66. The van der Waals surface area contributed by atoms with Crippen LogP contribution in [0.2, 0.25) is 0 Å². The maximum atomic E-state index is 12.4. The minimum atomic E-state index is -3.65. The predicted molar refractivity (Wildman–Crippen MR) is 77.1 cm³/mol. The molecule has 0 spiro atoms. The van der Waals surface area contributed by atoms with Crippen molar-refractivity contribution < 1.29 is 21.0 Å². The zero-order chi connectivity index (χ0) is 15.7. The summed E-state index contributed by atoms with van der Waals surface area (Å²) >= 11 is 0. The highest BCUT2D eigenvalue weighted by Gasteiger charge is 2.26. The van der Waals surface area contributed by atoms with Gasteiger partial charge in [-0.25, -0.2) is 8.42 Å². The van der Waals surface area contributed by atoms with Gasteiger partial charge in [0.15, 0.2) is 0 Å². The van der Waals surface area contributed by atoms with Gasteiger partial charge in [0, 0.05) is 6.20 Å². The highest BCUT2D eigenvalue weighted by atomic mass is 32.2. The Morgan fingerprint density at radius 1 is 1.19 bits per heavy atom. The van der Waals surface area contributed by atoms with Gasteiger partial charge in [-0.1, -0.05) is 17.7 Å². The smallest absolute Gasteiger partial charge is 0.265 e. The van der Waals surface area contributed by atoms with E-state index in [0.29, 0.717) is 5.70 Å². The number of benzene rings is 1. The average Bonchev–Trinajstić information content (AvgIpc) is 2.85. The molecule has 0 atom stereocenters. The molecule has 0 bridgehead atoms. The van der Waals surface area contributed by atoms with E-state index < -0.39 is 20.1 Å². The lowest BCUT2D eigenvalue weighted by molar-refractivity contribution is 0.346. The molecule has 9 heteroatoms. The summed E-state index contributed by atoms with van der Waals surface area (Å²) in [6.07, 6.45) is 2.27. The van der Waals surface area contributed by atoms with Crippen molar-refractivity contribution in [3.05, 3.63) is 41.7 Å². The Labute approximate surface area is 124 Å². The molecule has 0 amide bonds. The maximum absolute atomic E-state index is 12.4. The van der Waals surface area contributed by atoms with Crippen LogP contribution in [0.4, 0.5) is 0 Å². The zero-order valence-electron chi connectivity index (χ0n) is 11.6. The van der Waals surface area contributed by atoms with Crippen LogP contribution in [0.3, 0.4) is 0 Å². The molecule has 0 fully saturated rings. The van der Waals surface area contributed by atoms with Gasteiger partial charge < -0.3 is 5.32 Å². The first kappa shape index (κ1) is 15.8. The van der Waals surface area contributed by atoms with E-state index in [4.69, 9.17) is 0 Å². The highest BCUT2D eigenvalue weighted by molar-refractivity contribution is 7.89. The minimum absolute atomic E-state index is 0.0403. The van der Waals surface area contributed by atoms with Crippen molar-refractivity contribution in [1.82, 2.24) is 9.62 Å². The summed E-state index contributed by atoms with van der Waals surface area (Å²) in [7, 11) is -7.22. The standard InChI is InChI=1S/C12H16N2O5S2/c1-10-3-5-12(6-4-10)21(17,18)14-7-11(13-9-14)8-19-20(2,15)16/h3-7,13H,8-9H2,1-2H3. The lowest BCUT2D eigenvalue weighted by atomic mass is 10.2. The number of rotatable bonds is 5. The van der Waals surface area contributed by atoms with E-state index in [2.05, 4.69) is 9.50 Å². The van der Waals surface area contributed by atoms with Crippen LogP contribution in [-0.2, 0) is 24.3 Å². The Kier molecular flexibility index (Phi) is 4.26. The summed E-state index contributed by atoms with van der Waals surface area (Å²) in [5.74, 6) is 0. The number of hydrogen-bond donors (Lipinski definition) is 1. The van der Waals surface area contributed by atoms with Gasteiger partial charge in [-0.3, -0.25) is 8.49 Å². The van der Waals surface area contributed by atoms with E-state index in [1.807, 2.05) is 6.92 Å². The summed E-state index contributed by atoms with van der Waals surface area (Å²) in [6.45, 7) is 1.69. The van der Waals surface area contributed by atoms with Crippen molar-refractivity contribution >= 4 is 20.1 Å². The Hall–Kier alpha value is -1.58. The van der Waals surface area contributed by atoms with Crippen molar-refractivity contribution in [2.24, 2.45) is 0 Å². The molecular formula is C12H16N2O5S2. The molecule has 0 aromatic heterocycles. The molecule has 1 N–H and O–H groups in total. The molecule has 1 aromatic carbocycles. The highest BCUT2D eigenvalue weighted by Crippen LogP contribution is 2.19. The molecule has 0 unspecified atom stereocenters. The zero-order valence-corrected chi connectivity index (χ0v) is 13.2. The second-order valence-corrected chi connectivity index (χ2v) is 8.20. The molecule has 1 aliphatic rings. The van der Waals surface area contributed by atoms with E-state index in [-0.39, 0.29) is 18.2 Å². The van der Waals surface area contributed by atoms with E-state index in [1.54, 1.807) is 12.1 Å². The van der Waals surface area contributed by atoms with E-state index in [9.17, 15) is 16.8 Å². The van der Waals surface area contributed by atoms with Crippen molar-refractivity contribution in [3.63, 3.8) is 0 Å². The Morgan fingerprint density at radius 2 is 1.81 bits per heavy atom. The molecule has 0 saturated heterocycles. The Morgan fingerprint density at radius 3 is 2.38 bits per heavy atom. The van der Waals surface area contributed by atoms with Crippen LogP contribution >= 0.6 is 0 Å². The van der Waals surface area contributed by atoms with E-state index >= 15 is 0 Å². The fraction of sp³-hybridized carbons (Fsp3) is 0.333. The van der Waals surface area contributed by atoms with Crippen molar-refractivity contribution in [3.8, 4) is 0 Å². The summed E-state index contributed by atoms with van der Waals surface area (Å²) in [4.78, 5) is 0.177. The van der Waals surface area contributed by atoms with E-state index in [0.717, 1.165) is 16.1 Å². The summed E-state index contributed by atoms with van der Waals surface area (Å²) in [6, 6.07) is 6.49. The molecule has 0 radical (unpaired) electrons. The summed E-state index contributed by atoms with van der Waals surface area (Å²) in [5.41, 5.74) is 1.35. The van der Waals surface area contributed by atoms with Crippen molar-refractivity contribution in [1.29, 1.82) is 0 Å². The molecule has 2 rings (SSSR count). The summed E-state index contributed by atoms with van der Waals surface area (Å²) < 4.78 is 52.3. The first-order valence-corrected chi connectivity index (χ1v) is 9.32. The number of sulfonamides is 1. The number of aryl methyl sites for hydroxylation is 1. The summed E-state index contributed by atoms with van der Waals surface area (Å²) in [5, 5.41) is 2.78. The molecule has 0 saturated carbocycles. The van der Waals surface area contributed by atoms with Gasteiger partial charge in [0.25, 0.3) is 20.1 Å². The molecule has 0 aliphatic carbocycles. The van der Waals surface area contributed by atoms with Crippen LogP contribution < -0.4 is 5.32 Å². The van der Waals surface area contributed by atoms with Crippen LogP contribution in [0.1, 0.15) is 5.56 Å². The van der Waals surface area contributed by atoms with Crippen LogP contribution in [-0.4, -0.2) is 40.7 Å². The molecule has 1 aliphatic heterocycles. The van der Waals surface area contributed by atoms with Gasteiger partial charge >= 0.3 is 0 Å². The number of nitrogens with one attached hydrogen (secondary N) is 1. The molecular weight excluding hydrogens is 316 g/mol. The first-order valence-electron chi connectivity index (χ1n) is 6.06. The average molecular weight is 332 g/mol. The molecule has 7 nitrogen and oxygen atoms in total. The van der Waals surface area contributed by atoms with Crippen LogP contribution in [0, 0.1) is 6.92 Å². The lowest BCUT2D eigenvalue weighted by Crippen LogP contribution is -2.28. The fourth-order valence-electron chi connectivity index (χ4n) is 1.70. The van der Waals surface area contributed by atoms with Gasteiger partial charge in [-0.15, -0.1) is 0 Å². The van der Waals surface area contributed by atoms with Crippen LogP contribution in [0.5, 0.6) is 0 Å². The molecule has 1 heterocycles. The van der Waals surface area contributed by atoms with Crippen LogP contribution in [0.15, 0.2) is 41.1 Å². The predicted octanol–water partition coefficient (Wildman–Crippen LogP) is 0.364. The maximum Gasteiger partial charge on any atom is 0.265 e. The largest absolute Gasteiger partial charge is 0.367 e. The van der Waals surface area contributed by atoms with Gasteiger partial charge in [0.2, 0.25) is 0 Å². The normalized spacial score (nSPS) is 15.7. The molecule has 1 aromatic rings. The second kappa shape index (κ2) is 5.66. The van der Waals surface area contributed by atoms with Gasteiger partial charge in [0.1, 0.15) is 13.3 Å². The van der Waals surface area contributed by atoms with E-state index in [1.165, 1.54) is 18.3 Å². The lowest BCUT2D eigenvalue weighted by Gasteiger charge is -2.15. The van der Waals surface area contributed by atoms with Gasteiger partial charge in [0.05, 0.1) is 16.8 Å². The third-order valence-electron chi connectivity index (χ3n) is 2.82. The molecule has 21 heavy (non-hydrogen) atoms. The van der Waals surface area contributed by atoms with Gasteiger partial charge in [-0.05, 0) is 19.1 Å². The van der Waals surface area contributed by atoms with Crippen LogP contribution in [0.25, 0.3) is 0 Å². The quantitative estimate of drug-likeness (QED) is 0.783. The monoisotopic (exact) mass is 332 g/mol. The first-order chi connectivity index (χ1) is 9.68. The Bertz CT molecular complexity index is 751. The molecule has 116 valence electrons. The third kappa shape index (κ3) is 3.96.